The van der Waals surface area contributed by atoms with Crippen molar-refractivity contribution in [3.63, 3.8) is 0 Å². The average molecular weight is 206 g/mol. The molecule has 78 valence electrons. The van der Waals surface area contributed by atoms with Crippen molar-refractivity contribution in [3.8, 4) is 11.5 Å². The van der Waals surface area contributed by atoms with Gasteiger partial charge in [-0.05, 0) is 19.1 Å². The van der Waals surface area contributed by atoms with Crippen LogP contribution in [0.3, 0.4) is 0 Å². The fourth-order valence-corrected chi connectivity index (χ4v) is 1.16. The molecule has 2 N–H and O–H groups in total. The van der Waals surface area contributed by atoms with Gasteiger partial charge in [0.05, 0.1) is 0 Å². The number of pyridine rings is 1. The van der Waals surface area contributed by atoms with E-state index in [4.69, 9.17) is 10.4 Å². The monoisotopic (exact) mass is 206 g/mol. The molecule has 0 fully saturated rings. The molecular formula is C9H10N4O2. The van der Waals surface area contributed by atoms with Crippen molar-refractivity contribution < 1.29 is 9.36 Å². The predicted molar refractivity (Wildman–Crippen MR) is 51.2 cm³/mol. The van der Waals surface area contributed by atoms with Crippen LogP contribution in [0.2, 0.25) is 0 Å². The minimum Gasteiger partial charge on any atom is -0.336 e. The third-order valence-electron chi connectivity index (χ3n) is 1.79. The summed E-state index contributed by atoms with van der Waals surface area (Å²) in [7, 11) is 0. The lowest BCUT2D eigenvalue weighted by atomic mass is 10.3. The van der Waals surface area contributed by atoms with Crippen LogP contribution in [0.5, 0.6) is 0 Å². The summed E-state index contributed by atoms with van der Waals surface area (Å²) in [6.45, 7) is 1.99. The van der Waals surface area contributed by atoms with Gasteiger partial charge < -0.3 is 4.52 Å². The van der Waals surface area contributed by atoms with E-state index in [-0.39, 0.29) is 6.61 Å². The van der Waals surface area contributed by atoms with E-state index in [1.807, 2.05) is 25.1 Å². The molecule has 0 aliphatic rings. The van der Waals surface area contributed by atoms with Gasteiger partial charge in [-0.2, -0.15) is 4.98 Å². The van der Waals surface area contributed by atoms with E-state index < -0.39 is 0 Å². The minimum atomic E-state index is 0.0960. The van der Waals surface area contributed by atoms with Crippen molar-refractivity contribution in [2.24, 2.45) is 5.90 Å². The Balaban J connectivity index is 2.29. The Kier molecular flexibility index (Phi) is 2.70. The summed E-state index contributed by atoms with van der Waals surface area (Å²) in [6, 6.07) is 5.59. The van der Waals surface area contributed by atoms with Crippen LogP contribution in [0, 0.1) is 6.92 Å². The number of hydrogen-bond acceptors (Lipinski definition) is 6. The Bertz CT molecular complexity index is 455. The van der Waals surface area contributed by atoms with E-state index in [1.54, 1.807) is 0 Å². The maximum Gasteiger partial charge on any atom is 0.255 e. The maximum absolute atomic E-state index is 4.89. The van der Waals surface area contributed by atoms with Crippen LogP contribution >= 0.6 is 0 Å². The second-order valence-electron chi connectivity index (χ2n) is 2.99. The molecule has 2 aromatic heterocycles. The van der Waals surface area contributed by atoms with E-state index in [0.717, 1.165) is 5.69 Å². The Morgan fingerprint density at radius 3 is 3.00 bits per heavy atom. The van der Waals surface area contributed by atoms with Crippen molar-refractivity contribution in [2.45, 2.75) is 13.5 Å². The average Bonchev–Trinajstić information content (AvgIpc) is 2.67. The molecule has 0 spiro atoms. The number of hydrogen-bond donors (Lipinski definition) is 1. The summed E-state index contributed by atoms with van der Waals surface area (Å²) in [6.07, 6.45) is 0. The van der Waals surface area contributed by atoms with Crippen LogP contribution in [0.4, 0.5) is 0 Å². The number of rotatable bonds is 3. The molecule has 0 atom stereocenters. The second kappa shape index (κ2) is 4.16. The molecule has 0 saturated heterocycles. The van der Waals surface area contributed by atoms with Crippen molar-refractivity contribution in [1.82, 2.24) is 15.1 Å². The fourth-order valence-electron chi connectivity index (χ4n) is 1.16. The quantitative estimate of drug-likeness (QED) is 0.748. The van der Waals surface area contributed by atoms with E-state index >= 15 is 0 Å². The van der Waals surface area contributed by atoms with Crippen LogP contribution in [-0.4, -0.2) is 15.1 Å². The Morgan fingerprint density at radius 1 is 1.40 bits per heavy atom. The normalized spacial score (nSPS) is 10.5. The molecule has 6 nitrogen and oxygen atoms in total. The number of nitrogens with zero attached hydrogens (tertiary/aromatic N) is 3. The molecule has 0 aliphatic carbocycles. The highest BCUT2D eigenvalue weighted by Gasteiger charge is 2.09. The third-order valence-corrected chi connectivity index (χ3v) is 1.79. The van der Waals surface area contributed by atoms with E-state index in [2.05, 4.69) is 20.0 Å². The zero-order valence-corrected chi connectivity index (χ0v) is 8.17. The summed E-state index contributed by atoms with van der Waals surface area (Å²) >= 11 is 0. The summed E-state index contributed by atoms with van der Waals surface area (Å²) in [5.41, 5.74) is 1.57. The molecule has 15 heavy (non-hydrogen) atoms. The van der Waals surface area contributed by atoms with Gasteiger partial charge in [0.1, 0.15) is 12.3 Å². The van der Waals surface area contributed by atoms with Crippen molar-refractivity contribution in [2.75, 3.05) is 0 Å². The Labute approximate surface area is 86.0 Å². The summed E-state index contributed by atoms with van der Waals surface area (Å²) < 4.78 is 4.89. The first-order valence-electron chi connectivity index (χ1n) is 4.38. The molecule has 0 radical (unpaired) electrons. The van der Waals surface area contributed by atoms with E-state index in [0.29, 0.717) is 17.4 Å². The first-order chi connectivity index (χ1) is 7.29. The zero-order valence-electron chi connectivity index (χ0n) is 8.17. The summed E-state index contributed by atoms with van der Waals surface area (Å²) in [5, 5.41) is 3.76. The topological polar surface area (TPSA) is 87.1 Å². The van der Waals surface area contributed by atoms with Gasteiger partial charge in [-0.3, -0.25) is 4.84 Å². The maximum atomic E-state index is 4.89. The van der Waals surface area contributed by atoms with Gasteiger partial charge in [-0.15, -0.1) is 0 Å². The van der Waals surface area contributed by atoms with Crippen LogP contribution in [0.1, 0.15) is 11.6 Å². The lowest BCUT2D eigenvalue weighted by Gasteiger charge is -1.94. The van der Waals surface area contributed by atoms with Crippen LogP contribution in [0.15, 0.2) is 22.7 Å². The van der Waals surface area contributed by atoms with Gasteiger partial charge in [-0.1, -0.05) is 11.2 Å². The lowest BCUT2D eigenvalue weighted by Crippen LogP contribution is -1.98. The minimum absolute atomic E-state index is 0.0960. The molecule has 2 aromatic rings. The number of aromatic nitrogens is 3. The molecular weight excluding hydrogens is 196 g/mol. The molecule has 0 amide bonds. The van der Waals surface area contributed by atoms with Gasteiger partial charge in [0.25, 0.3) is 5.89 Å². The first-order valence-corrected chi connectivity index (χ1v) is 4.38. The predicted octanol–water partition coefficient (Wildman–Crippen LogP) is 0.830. The van der Waals surface area contributed by atoms with Gasteiger partial charge >= 0.3 is 0 Å². The number of aryl methyl sites for hydroxylation is 1. The second-order valence-corrected chi connectivity index (χ2v) is 2.99. The number of nitrogens with two attached hydrogens (primary N) is 1. The SMILES string of the molecule is Cc1cccc(-c2noc(CON)n2)n1. The van der Waals surface area contributed by atoms with E-state index in [9.17, 15) is 0 Å². The molecule has 2 heterocycles. The van der Waals surface area contributed by atoms with Crippen molar-refractivity contribution in [1.29, 1.82) is 0 Å². The van der Waals surface area contributed by atoms with Crippen LogP contribution in [0.25, 0.3) is 11.5 Å². The van der Waals surface area contributed by atoms with Crippen molar-refractivity contribution in [3.05, 3.63) is 29.8 Å². The molecule has 2 rings (SSSR count). The lowest BCUT2D eigenvalue weighted by molar-refractivity contribution is 0.0996. The van der Waals surface area contributed by atoms with Gasteiger partial charge in [0, 0.05) is 5.69 Å². The van der Waals surface area contributed by atoms with Crippen molar-refractivity contribution >= 4 is 0 Å². The largest absolute Gasteiger partial charge is 0.336 e. The highest BCUT2D eigenvalue weighted by atomic mass is 16.6. The highest BCUT2D eigenvalue weighted by Crippen LogP contribution is 2.13. The standard InChI is InChI=1S/C9H10N4O2/c1-6-3-2-4-7(11-6)9-12-8(5-14-10)15-13-9/h2-4H,5,10H2,1H3. The highest BCUT2D eigenvalue weighted by molar-refractivity contribution is 5.47. The first kappa shape index (κ1) is 9.75. The molecule has 0 unspecified atom stereocenters. The Morgan fingerprint density at radius 2 is 2.27 bits per heavy atom. The summed E-state index contributed by atoms with van der Waals surface area (Å²) in [4.78, 5) is 12.7. The molecule has 0 aromatic carbocycles. The molecule has 0 bridgehead atoms. The van der Waals surface area contributed by atoms with Gasteiger partial charge in [-0.25, -0.2) is 10.9 Å². The van der Waals surface area contributed by atoms with Gasteiger partial charge in [0.2, 0.25) is 5.82 Å². The molecule has 0 saturated carbocycles. The van der Waals surface area contributed by atoms with Crippen LogP contribution < -0.4 is 5.90 Å². The Hall–Kier alpha value is -1.79. The molecule has 6 heteroatoms. The zero-order chi connectivity index (χ0) is 10.7. The summed E-state index contributed by atoms with van der Waals surface area (Å²) in [5.74, 6) is 5.65. The fraction of sp³-hybridized carbons (Fsp3) is 0.222. The van der Waals surface area contributed by atoms with Gasteiger partial charge in [0.15, 0.2) is 0 Å². The smallest absolute Gasteiger partial charge is 0.255 e. The van der Waals surface area contributed by atoms with Crippen LogP contribution in [-0.2, 0) is 11.4 Å². The van der Waals surface area contributed by atoms with E-state index in [1.165, 1.54) is 0 Å². The molecule has 0 aliphatic heterocycles. The third kappa shape index (κ3) is 2.17.